The molecule has 0 aliphatic rings. The Morgan fingerprint density at radius 3 is 2.36 bits per heavy atom. The summed E-state index contributed by atoms with van der Waals surface area (Å²) in [5, 5.41) is 18.6. The van der Waals surface area contributed by atoms with Gasteiger partial charge in [0.05, 0.1) is 12.2 Å². The van der Waals surface area contributed by atoms with Crippen molar-refractivity contribution in [2.24, 2.45) is 0 Å². The number of rotatable bonds is 7. The van der Waals surface area contributed by atoms with Crippen LogP contribution in [-0.2, 0) is 16.0 Å². The standard InChI is InChI=1S/C19H18O6/c1-2-25-19(24)15-5-3-4-13(11-15)18(23)14-6-8-16(20)12(10-14)7-9-17(21)22/h3-6,8,10-11,20H,2,7,9H2,1H3,(H,21,22). The zero-order valence-electron chi connectivity index (χ0n) is 13.7. The van der Waals surface area contributed by atoms with E-state index in [0.29, 0.717) is 16.7 Å². The molecule has 0 aliphatic heterocycles. The number of aryl methyl sites for hydroxylation is 1. The van der Waals surface area contributed by atoms with Gasteiger partial charge in [-0.1, -0.05) is 12.1 Å². The number of phenols is 1. The monoisotopic (exact) mass is 342 g/mol. The van der Waals surface area contributed by atoms with Gasteiger partial charge in [-0.05, 0) is 49.2 Å². The largest absolute Gasteiger partial charge is 0.508 e. The Hall–Kier alpha value is -3.15. The Balaban J connectivity index is 2.28. The molecular formula is C19H18O6. The molecule has 130 valence electrons. The number of ketones is 1. The minimum atomic E-state index is -0.988. The molecular weight excluding hydrogens is 324 g/mol. The Kier molecular flexibility index (Phi) is 5.89. The van der Waals surface area contributed by atoms with Gasteiger partial charge in [0.15, 0.2) is 5.78 Å². The maximum Gasteiger partial charge on any atom is 0.338 e. The van der Waals surface area contributed by atoms with Crippen molar-refractivity contribution >= 4 is 17.7 Å². The molecule has 0 aromatic heterocycles. The van der Waals surface area contributed by atoms with Gasteiger partial charge in [-0.15, -0.1) is 0 Å². The quantitative estimate of drug-likeness (QED) is 0.593. The molecule has 0 saturated carbocycles. The molecule has 25 heavy (non-hydrogen) atoms. The first-order valence-corrected chi connectivity index (χ1v) is 7.78. The summed E-state index contributed by atoms with van der Waals surface area (Å²) in [5.41, 5.74) is 1.27. The van der Waals surface area contributed by atoms with Gasteiger partial charge in [-0.25, -0.2) is 4.79 Å². The molecule has 0 saturated heterocycles. The molecule has 6 heteroatoms. The summed E-state index contributed by atoms with van der Waals surface area (Å²) in [6, 6.07) is 10.5. The second kappa shape index (κ2) is 8.10. The Morgan fingerprint density at radius 1 is 1.00 bits per heavy atom. The normalized spacial score (nSPS) is 10.3. The summed E-state index contributed by atoms with van der Waals surface area (Å²) in [4.78, 5) is 35.1. The maximum absolute atomic E-state index is 12.6. The fourth-order valence-corrected chi connectivity index (χ4v) is 2.34. The highest BCUT2D eigenvalue weighted by atomic mass is 16.5. The molecule has 6 nitrogen and oxygen atoms in total. The van der Waals surface area contributed by atoms with Crippen molar-refractivity contribution in [1.82, 2.24) is 0 Å². The van der Waals surface area contributed by atoms with Crippen molar-refractivity contribution in [2.45, 2.75) is 19.8 Å². The van der Waals surface area contributed by atoms with E-state index >= 15 is 0 Å². The van der Waals surface area contributed by atoms with Gasteiger partial charge in [0.2, 0.25) is 0 Å². The first-order chi connectivity index (χ1) is 11.9. The molecule has 0 amide bonds. The smallest absolute Gasteiger partial charge is 0.338 e. The van der Waals surface area contributed by atoms with Crippen LogP contribution in [0.3, 0.4) is 0 Å². The van der Waals surface area contributed by atoms with Gasteiger partial charge in [0, 0.05) is 17.5 Å². The first kappa shape index (κ1) is 18.2. The van der Waals surface area contributed by atoms with Gasteiger partial charge in [0.25, 0.3) is 0 Å². The summed E-state index contributed by atoms with van der Waals surface area (Å²) in [6.07, 6.45) is -0.0330. The van der Waals surface area contributed by atoms with E-state index in [-0.39, 0.29) is 36.5 Å². The minimum absolute atomic E-state index is 0.0573. The van der Waals surface area contributed by atoms with Gasteiger partial charge in [-0.3, -0.25) is 9.59 Å². The summed E-state index contributed by atoms with van der Waals surface area (Å²) in [7, 11) is 0. The van der Waals surface area contributed by atoms with Crippen LogP contribution in [-0.4, -0.2) is 34.5 Å². The highest BCUT2D eigenvalue weighted by Crippen LogP contribution is 2.22. The number of hydrogen-bond donors (Lipinski definition) is 2. The Labute approximate surface area is 144 Å². The summed E-state index contributed by atoms with van der Waals surface area (Å²) < 4.78 is 4.92. The lowest BCUT2D eigenvalue weighted by Gasteiger charge is -2.08. The fraction of sp³-hybridized carbons (Fsp3) is 0.211. The average Bonchev–Trinajstić information content (AvgIpc) is 2.60. The van der Waals surface area contributed by atoms with Crippen LogP contribution in [0.15, 0.2) is 42.5 Å². The summed E-state index contributed by atoms with van der Waals surface area (Å²) in [5.74, 6) is -1.89. The van der Waals surface area contributed by atoms with Crippen molar-refractivity contribution in [1.29, 1.82) is 0 Å². The van der Waals surface area contributed by atoms with Gasteiger partial charge < -0.3 is 14.9 Å². The third kappa shape index (κ3) is 4.67. The number of phenolic OH excluding ortho intramolecular Hbond substituents is 1. The van der Waals surface area contributed by atoms with E-state index in [0.717, 1.165) is 0 Å². The number of aromatic hydroxyl groups is 1. The number of carboxylic acids is 1. The fourth-order valence-electron chi connectivity index (χ4n) is 2.34. The maximum atomic E-state index is 12.6. The number of ether oxygens (including phenoxy) is 1. The second-order valence-electron chi connectivity index (χ2n) is 5.37. The van der Waals surface area contributed by atoms with E-state index < -0.39 is 11.9 Å². The number of carbonyl (C=O) groups excluding carboxylic acids is 2. The number of carboxylic acid groups (broad SMARTS) is 1. The lowest BCUT2D eigenvalue weighted by atomic mass is 9.98. The van der Waals surface area contributed by atoms with Crippen LogP contribution in [0.4, 0.5) is 0 Å². The van der Waals surface area contributed by atoms with E-state index in [4.69, 9.17) is 9.84 Å². The molecule has 2 aromatic carbocycles. The van der Waals surface area contributed by atoms with Crippen LogP contribution in [0.25, 0.3) is 0 Å². The third-order valence-corrected chi connectivity index (χ3v) is 3.59. The number of benzene rings is 2. The molecule has 2 rings (SSSR count). The lowest BCUT2D eigenvalue weighted by Crippen LogP contribution is -2.08. The number of hydrogen-bond acceptors (Lipinski definition) is 5. The van der Waals surface area contributed by atoms with Crippen LogP contribution < -0.4 is 0 Å². The highest BCUT2D eigenvalue weighted by Gasteiger charge is 2.15. The molecule has 2 aromatic rings. The average molecular weight is 342 g/mol. The SMILES string of the molecule is CCOC(=O)c1cccc(C(=O)c2ccc(O)c(CCC(=O)O)c2)c1. The first-order valence-electron chi connectivity index (χ1n) is 7.78. The van der Waals surface area contributed by atoms with Crippen molar-refractivity contribution in [3.05, 3.63) is 64.7 Å². The van der Waals surface area contributed by atoms with Crippen LogP contribution in [0, 0.1) is 0 Å². The zero-order chi connectivity index (χ0) is 18.4. The predicted octanol–water partition coefficient (Wildman–Crippen LogP) is 2.82. The predicted molar refractivity (Wildman–Crippen MR) is 89.9 cm³/mol. The topological polar surface area (TPSA) is 101 Å². The Bertz CT molecular complexity index is 809. The molecule has 0 fully saturated rings. The van der Waals surface area contributed by atoms with Crippen molar-refractivity contribution in [3.63, 3.8) is 0 Å². The van der Waals surface area contributed by atoms with E-state index in [1.54, 1.807) is 25.1 Å². The van der Waals surface area contributed by atoms with Crippen LogP contribution in [0.1, 0.15) is 45.2 Å². The summed E-state index contributed by atoms with van der Waals surface area (Å²) in [6.45, 7) is 1.93. The number of carbonyl (C=O) groups is 3. The molecule has 0 atom stereocenters. The van der Waals surface area contributed by atoms with E-state index in [1.165, 1.54) is 24.3 Å². The zero-order valence-corrected chi connectivity index (χ0v) is 13.7. The van der Waals surface area contributed by atoms with E-state index in [2.05, 4.69) is 0 Å². The molecule has 0 heterocycles. The molecule has 0 spiro atoms. The molecule has 0 aliphatic carbocycles. The lowest BCUT2D eigenvalue weighted by molar-refractivity contribution is -0.136. The number of aliphatic carboxylic acids is 1. The summed E-state index contributed by atoms with van der Waals surface area (Å²) >= 11 is 0. The third-order valence-electron chi connectivity index (χ3n) is 3.59. The molecule has 0 bridgehead atoms. The van der Waals surface area contributed by atoms with Crippen LogP contribution in [0.2, 0.25) is 0 Å². The van der Waals surface area contributed by atoms with Gasteiger partial charge in [-0.2, -0.15) is 0 Å². The number of esters is 1. The molecule has 0 radical (unpaired) electrons. The van der Waals surface area contributed by atoms with Crippen LogP contribution >= 0.6 is 0 Å². The van der Waals surface area contributed by atoms with Crippen molar-refractivity contribution < 1.29 is 29.3 Å². The minimum Gasteiger partial charge on any atom is -0.508 e. The van der Waals surface area contributed by atoms with Crippen molar-refractivity contribution in [2.75, 3.05) is 6.61 Å². The highest BCUT2D eigenvalue weighted by molar-refractivity contribution is 6.10. The van der Waals surface area contributed by atoms with Crippen LogP contribution in [0.5, 0.6) is 5.75 Å². The molecule has 0 unspecified atom stereocenters. The second-order valence-corrected chi connectivity index (χ2v) is 5.37. The van der Waals surface area contributed by atoms with Gasteiger partial charge >= 0.3 is 11.9 Å². The molecule has 2 N–H and O–H groups in total. The van der Waals surface area contributed by atoms with Crippen molar-refractivity contribution in [3.8, 4) is 5.75 Å². The van der Waals surface area contributed by atoms with E-state index in [1.807, 2.05) is 0 Å². The van der Waals surface area contributed by atoms with Gasteiger partial charge in [0.1, 0.15) is 5.75 Å². The van der Waals surface area contributed by atoms with E-state index in [9.17, 15) is 19.5 Å². The Morgan fingerprint density at radius 2 is 1.68 bits per heavy atom.